The minimum atomic E-state index is -1.39. The Morgan fingerprint density at radius 3 is 2.61 bits per heavy atom. The van der Waals surface area contributed by atoms with E-state index < -0.39 is 63.6 Å². The summed E-state index contributed by atoms with van der Waals surface area (Å²) in [7, 11) is 1.30. The average molecular weight is 501 g/mol. The van der Waals surface area contributed by atoms with Crippen LogP contribution in [0.1, 0.15) is 52.2 Å². The van der Waals surface area contributed by atoms with Gasteiger partial charge in [0, 0.05) is 27.9 Å². The summed E-state index contributed by atoms with van der Waals surface area (Å²) in [6, 6.07) is 1.76. The van der Waals surface area contributed by atoms with Crippen LogP contribution >= 0.6 is 0 Å². The zero-order valence-electron chi connectivity index (χ0n) is 21.1. The Balaban J connectivity index is 1.55. The zero-order chi connectivity index (χ0) is 25.9. The molecule has 0 bridgehead atoms. The van der Waals surface area contributed by atoms with E-state index in [4.69, 9.17) is 23.4 Å². The minimum absolute atomic E-state index is 0.198. The SMILES string of the molecule is COC(=O)/C=C\[C@@]12COC(C)(C)[C@H]1C(=O)[C@H](O)[C@]1(C)[C@@H]2CC[C@@]2(C)[C@H](c3ccoc3)OC(=O)[C@H]3O[C@]312. The molecule has 9 nitrogen and oxygen atoms in total. The van der Waals surface area contributed by atoms with Gasteiger partial charge >= 0.3 is 11.9 Å². The molecule has 1 aromatic heterocycles. The second kappa shape index (κ2) is 7.08. The van der Waals surface area contributed by atoms with Crippen molar-refractivity contribution in [3.05, 3.63) is 36.3 Å². The number of hydrogen-bond acceptors (Lipinski definition) is 9. The molecule has 5 fully saturated rings. The number of ketones is 1. The maximum absolute atomic E-state index is 14.1. The molecule has 0 radical (unpaired) electrons. The number of carbonyl (C=O) groups is 3. The van der Waals surface area contributed by atoms with Crippen LogP contribution in [-0.4, -0.2) is 60.0 Å². The highest BCUT2D eigenvalue weighted by atomic mass is 16.7. The summed E-state index contributed by atoms with van der Waals surface area (Å²) in [4.78, 5) is 39.4. The van der Waals surface area contributed by atoms with E-state index in [9.17, 15) is 19.5 Å². The molecule has 1 N–H and O–H groups in total. The quantitative estimate of drug-likeness (QED) is 0.379. The third kappa shape index (κ3) is 2.49. The molecule has 2 aliphatic carbocycles. The Labute approximate surface area is 209 Å². The number of esters is 2. The summed E-state index contributed by atoms with van der Waals surface area (Å²) >= 11 is 0. The van der Waals surface area contributed by atoms with E-state index in [1.165, 1.54) is 19.4 Å². The third-order valence-corrected chi connectivity index (χ3v) is 10.2. The molecule has 1 spiro atoms. The first-order valence-electron chi connectivity index (χ1n) is 12.4. The Morgan fingerprint density at radius 2 is 1.94 bits per heavy atom. The van der Waals surface area contributed by atoms with Crippen LogP contribution in [0.5, 0.6) is 0 Å². The Hall–Kier alpha value is -2.49. The van der Waals surface area contributed by atoms with Crippen molar-refractivity contribution in [2.75, 3.05) is 13.7 Å². The number of Topliss-reactive ketones (excluding diaryl/α,β-unsaturated/α-hetero) is 1. The topological polar surface area (TPSA) is 125 Å². The predicted octanol–water partition coefficient (Wildman–Crippen LogP) is 2.52. The number of furan rings is 1. The van der Waals surface area contributed by atoms with E-state index >= 15 is 0 Å². The number of rotatable bonds is 3. The number of ether oxygens (including phenoxy) is 4. The highest BCUT2D eigenvalue weighted by molar-refractivity contribution is 5.92. The predicted molar refractivity (Wildman–Crippen MR) is 122 cm³/mol. The normalized spacial score (nSPS) is 48.4. The van der Waals surface area contributed by atoms with Gasteiger partial charge in [-0.3, -0.25) is 4.79 Å². The summed E-state index contributed by atoms with van der Waals surface area (Å²) in [5.74, 6) is -2.41. The van der Waals surface area contributed by atoms with Gasteiger partial charge in [-0.25, -0.2) is 9.59 Å². The molecule has 2 saturated carbocycles. The Bertz CT molecular complexity index is 1170. The Kier molecular flexibility index (Phi) is 4.70. The van der Waals surface area contributed by atoms with Crippen LogP contribution in [-0.2, 0) is 33.3 Å². The maximum Gasteiger partial charge on any atom is 0.339 e. The van der Waals surface area contributed by atoms with Crippen LogP contribution in [0.15, 0.2) is 35.2 Å². The molecule has 36 heavy (non-hydrogen) atoms. The number of cyclic esters (lactones) is 1. The molecule has 3 aliphatic heterocycles. The molecular formula is C27H32O9. The molecule has 4 heterocycles. The maximum atomic E-state index is 14.1. The summed E-state index contributed by atoms with van der Waals surface area (Å²) in [6.45, 7) is 7.75. The minimum Gasteiger partial charge on any atom is -0.472 e. The van der Waals surface area contributed by atoms with Crippen molar-refractivity contribution in [3.8, 4) is 0 Å². The van der Waals surface area contributed by atoms with Gasteiger partial charge in [0.25, 0.3) is 0 Å². The fourth-order valence-corrected chi connectivity index (χ4v) is 8.77. The van der Waals surface area contributed by atoms with Crippen LogP contribution in [0, 0.1) is 28.1 Å². The van der Waals surface area contributed by atoms with Gasteiger partial charge in [-0.1, -0.05) is 19.9 Å². The number of hydrogen-bond donors (Lipinski definition) is 1. The van der Waals surface area contributed by atoms with E-state index in [1.54, 1.807) is 18.4 Å². The van der Waals surface area contributed by atoms with Crippen molar-refractivity contribution in [1.29, 1.82) is 0 Å². The average Bonchev–Trinajstić information content (AvgIpc) is 3.29. The molecule has 5 aliphatic rings. The van der Waals surface area contributed by atoms with Gasteiger partial charge in [0.05, 0.1) is 37.8 Å². The lowest BCUT2D eigenvalue weighted by Crippen LogP contribution is -2.74. The van der Waals surface area contributed by atoms with Crippen molar-refractivity contribution in [3.63, 3.8) is 0 Å². The van der Waals surface area contributed by atoms with Crippen molar-refractivity contribution in [1.82, 2.24) is 0 Å². The summed E-state index contributed by atoms with van der Waals surface area (Å²) < 4.78 is 28.6. The molecule has 0 unspecified atom stereocenters. The van der Waals surface area contributed by atoms with Gasteiger partial charge in [-0.15, -0.1) is 0 Å². The molecule has 194 valence electrons. The largest absolute Gasteiger partial charge is 0.472 e. The van der Waals surface area contributed by atoms with E-state index in [0.29, 0.717) is 18.4 Å². The summed E-state index contributed by atoms with van der Waals surface area (Å²) in [6.07, 6.45) is 4.44. The zero-order valence-corrected chi connectivity index (χ0v) is 21.1. The fraction of sp³-hybridized carbons (Fsp3) is 0.667. The van der Waals surface area contributed by atoms with Crippen LogP contribution in [0.2, 0.25) is 0 Å². The number of methoxy groups -OCH3 is 1. The van der Waals surface area contributed by atoms with Crippen LogP contribution in [0.25, 0.3) is 0 Å². The monoisotopic (exact) mass is 500 g/mol. The van der Waals surface area contributed by atoms with Gasteiger partial charge < -0.3 is 28.5 Å². The number of aliphatic hydroxyl groups is 1. The van der Waals surface area contributed by atoms with Crippen LogP contribution in [0.4, 0.5) is 0 Å². The standard InChI is InChI=1S/C27H32O9/c1-23(2)18-17(29)19(30)25(4)15(26(18,13-34-23)10-7-16(28)32-5)6-9-24(3)20(14-8-11-33-12-14)35-22(31)21-27(24,25)36-21/h7-8,10-12,15,18-21,30H,6,9,13H2,1-5H3/b10-7-/t15-,18+,19-,20-,21+,24-,25-,26-,27-/m0/s1. The molecule has 0 aromatic carbocycles. The molecular weight excluding hydrogens is 468 g/mol. The van der Waals surface area contributed by atoms with Crippen LogP contribution < -0.4 is 0 Å². The molecule has 9 atom stereocenters. The number of aliphatic hydroxyl groups excluding tert-OH is 1. The number of epoxide rings is 1. The fourth-order valence-electron chi connectivity index (χ4n) is 8.77. The third-order valence-electron chi connectivity index (χ3n) is 10.2. The first-order chi connectivity index (χ1) is 16.9. The first kappa shape index (κ1) is 23.9. The van der Waals surface area contributed by atoms with Gasteiger partial charge in [0.2, 0.25) is 0 Å². The lowest BCUT2D eigenvalue weighted by Gasteiger charge is -2.65. The van der Waals surface area contributed by atoms with Crippen LogP contribution in [0.3, 0.4) is 0 Å². The van der Waals surface area contributed by atoms with E-state index in [-0.39, 0.29) is 18.3 Å². The lowest BCUT2D eigenvalue weighted by molar-refractivity contribution is -0.231. The lowest BCUT2D eigenvalue weighted by atomic mass is 9.37. The van der Waals surface area contributed by atoms with E-state index in [0.717, 1.165) is 0 Å². The van der Waals surface area contributed by atoms with Crippen molar-refractivity contribution < 1.29 is 42.9 Å². The van der Waals surface area contributed by atoms with Gasteiger partial charge in [-0.05, 0) is 38.7 Å². The number of carbonyl (C=O) groups excluding carboxylic acids is 3. The smallest absolute Gasteiger partial charge is 0.339 e. The van der Waals surface area contributed by atoms with Gasteiger partial charge in [-0.2, -0.15) is 0 Å². The molecule has 9 heteroatoms. The first-order valence-corrected chi connectivity index (χ1v) is 12.4. The van der Waals surface area contributed by atoms with Gasteiger partial charge in [0.1, 0.15) is 17.8 Å². The van der Waals surface area contributed by atoms with Gasteiger partial charge in [0.15, 0.2) is 11.9 Å². The van der Waals surface area contributed by atoms with E-state index in [1.807, 2.05) is 27.7 Å². The summed E-state index contributed by atoms with van der Waals surface area (Å²) in [5, 5.41) is 11.8. The molecule has 6 rings (SSSR count). The Morgan fingerprint density at radius 1 is 1.19 bits per heavy atom. The van der Waals surface area contributed by atoms with E-state index in [2.05, 4.69) is 0 Å². The second-order valence-electron chi connectivity index (χ2n) is 12.0. The molecule has 3 saturated heterocycles. The van der Waals surface area contributed by atoms with Crippen molar-refractivity contribution >= 4 is 17.7 Å². The molecule has 1 aromatic rings. The molecule has 0 amide bonds. The highest BCUT2D eigenvalue weighted by Gasteiger charge is 2.89. The highest BCUT2D eigenvalue weighted by Crippen LogP contribution is 2.79. The van der Waals surface area contributed by atoms with Crippen molar-refractivity contribution in [2.45, 2.75) is 70.1 Å². The number of fused-ring (bicyclic) bond motifs is 3. The second-order valence-corrected chi connectivity index (χ2v) is 12.0. The van der Waals surface area contributed by atoms with Crippen molar-refractivity contribution in [2.24, 2.45) is 28.1 Å². The summed E-state index contributed by atoms with van der Waals surface area (Å²) in [5.41, 5.74) is -4.05.